The predicted octanol–water partition coefficient (Wildman–Crippen LogP) is 3.19. The van der Waals surface area contributed by atoms with Gasteiger partial charge in [-0.15, -0.1) is 0 Å². The van der Waals surface area contributed by atoms with Crippen molar-refractivity contribution in [3.8, 4) is 0 Å². The Morgan fingerprint density at radius 1 is 1.04 bits per heavy atom. The van der Waals surface area contributed by atoms with Crippen LogP contribution in [0.25, 0.3) is 0 Å². The predicted molar refractivity (Wildman–Crippen MR) is 96.7 cm³/mol. The van der Waals surface area contributed by atoms with Crippen LogP contribution in [0.5, 0.6) is 0 Å². The Hall–Kier alpha value is -2.95. The normalized spacial score (nSPS) is 16.8. The number of carbonyl (C=O) groups excluding carboxylic acids is 3. The number of Topliss-reactive ketones (excluding diaryl/α,β-unsaturated/α-hetero) is 1. The molecule has 1 aliphatic rings. The Bertz CT molecular complexity index is 810. The minimum absolute atomic E-state index is 0.0204. The first-order chi connectivity index (χ1) is 11.9. The maximum atomic E-state index is 12.5. The molecule has 0 saturated carbocycles. The molecule has 2 aromatic carbocycles. The number of amides is 2. The number of rotatable bonds is 4. The van der Waals surface area contributed by atoms with Gasteiger partial charge in [0.15, 0.2) is 5.78 Å². The topological polar surface area (TPSA) is 66.5 Å². The summed E-state index contributed by atoms with van der Waals surface area (Å²) in [6.07, 6.45) is 0.200. The summed E-state index contributed by atoms with van der Waals surface area (Å²) in [6, 6.07) is 14.4. The third kappa shape index (κ3) is 3.76. The zero-order valence-electron chi connectivity index (χ0n) is 14.3. The Balaban J connectivity index is 1.66. The van der Waals surface area contributed by atoms with Crippen molar-refractivity contribution in [1.82, 2.24) is 0 Å². The molecule has 1 fully saturated rings. The molecule has 0 spiro atoms. The lowest BCUT2D eigenvalue weighted by atomic mass is 10.1. The molecular formula is C20H20N2O3. The molecule has 0 bridgehead atoms. The van der Waals surface area contributed by atoms with Gasteiger partial charge in [-0.05, 0) is 50.2 Å². The van der Waals surface area contributed by atoms with Gasteiger partial charge in [0.2, 0.25) is 11.8 Å². The Kier molecular flexibility index (Phi) is 4.65. The van der Waals surface area contributed by atoms with Crippen molar-refractivity contribution in [2.24, 2.45) is 5.92 Å². The molecule has 5 nitrogen and oxygen atoms in total. The van der Waals surface area contributed by atoms with Gasteiger partial charge in [0, 0.05) is 29.9 Å². The molecule has 0 radical (unpaired) electrons. The smallest absolute Gasteiger partial charge is 0.229 e. The summed E-state index contributed by atoms with van der Waals surface area (Å²) < 4.78 is 0. The third-order valence-electron chi connectivity index (χ3n) is 4.40. The standard InChI is InChI=1S/C20H20N2O3/c1-13-3-9-18(10-4-13)22-12-16(11-19(22)24)20(25)21-17-7-5-15(6-8-17)14(2)23/h3-10,16H,11-12H2,1-2H3,(H,21,25)/t16-/m0/s1. The van der Waals surface area contributed by atoms with E-state index in [9.17, 15) is 14.4 Å². The monoisotopic (exact) mass is 336 g/mol. The van der Waals surface area contributed by atoms with Crippen LogP contribution in [0.1, 0.15) is 29.3 Å². The Labute approximate surface area is 146 Å². The van der Waals surface area contributed by atoms with Crippen molar-refractivity contribution in [3.05, 3.63) is 59.7 Å². The summed E-state index contributed by atoms with van der Waals surface area (Å²) in [6.45, 7) is 3.86. The average Bonchev–Trinajstić information content (AvgIpc) is 2.98. The van der Waals surface area contributed by atoms with Crippen molar-refractivity contribution < 1.29 is 14.4 Å². The number of nitrogens with one attached hydrogen (secondary N) is 1. The fourth-order valence-electron chi connectivity index (χ4n) is 2.89. The van der Waals surface area contributed by atoms with Crippen LogP contribution < -0.4 is 10.2 Å². The number of benzene rings is 2. The van der Waals surface area contributed by atoms with Crippen molar-refractivity contribution >= 4 is 29.0 Å². The highest BCUT2D eigenvalue weighted by molar-refractivity contribution is 6.03. The lowest BCUT2D eigenvalue weighted by molar-refractivity contribution is -0.122. The highest BCUT2D eigenvalue weighted by Gasteiger charge is 2.35. The van der Waals surface area contributed by atoms with Gasteiger partial charge in [-0.25, -0.2) is 0 Å². The molecule has 0 aliphatic carbocycles. The Morgan fingerprint density at radius 2 is 1.68 bits per heavy atom. The zero-order valence-corrected chi connectivity index (χ0v) is 14.3. The van der Waals surface area contributed by atoms with Crippen LogP contribution in [0.15, 0.2) is 48.5 Å². The molecule has 25 heavy (non-hydrogen) atoms. The molecule has 1 saturated heterocycles. The van der Waals surface area contributed by atoms with E-state index in [1.54, 1.807) is 29.2 Å². The van der Waals surface area contributed by atoms with E-state index >= 15 is 0 Å². The van der Waals surface area contributed by atoms with Gasteiger partial charge >= 0.3 is 0 Å². The molecule has 2 amide bonds. The van der Waals surface area contributed by atoms with Crippen LogP contribution in [0, 0.1) is 12.8 Å². The number of hydrogen-bond donors (Lipinski definition) is 1. The van der Waals surface area contributed by atoms with E-state index < -0.39 is 0 Å². The first kappa shape index (κ1) is 16.9. The van der Waals surface area contributed by atoms with Crippen LogP contribution in [-0.4, -0.2) is 24.1 Å². The molecule has 0 unspecified atom stereocenters. The summed E-state index contributed by atoms with van der Waals surface area (Å²) in [5.41, 5.74) is 3.16. The second-order valence-corrected chi connectivity index (χ2v) is 6.36. The Morgan fingerprint density at radius 3 is 2.28 bits per heavy atom. The van der Waals surface area contributed by atoms with Gasteiger partial charge in [-0.2, -0.15) is 0 Å². The lowest BCUT2D eigenvalue weighted by Crippen LogP contribution is -2.28. The summed E-state index contributed by atoms with van der Waals surface area (Å²) in [5.74, 6) is -0.635. The molecule has 1 aliphatic heterocycles. The number of carbonyl (C=O) groups is 3. The molecule has 0 aromatic heterocycles. The highest BCUT2D eigenvalue weighted by atomic mass is 16.2. The van der Waals surface area contributed by atoms with Gasteiger partial charge in [0.25, 0.3) is 0 Å². The zero-order chi connectivity index (χ0) is 18.0. The van der Waals surface area contributed by atoms with E-state index in [0.717, 1.165) is 11.3 Å². The summed E-state index contributed by atoms with van der Waals surface area (Å²) >= 11 is 0. The third-order valence-corrected chi connectivity index (χ3v) is 4.40. The van der Waals surface area contributed by atoms with E-state index in [-0.39, 0.29) is 29.9 Å². The molecule has 1 heterocycles. The number of nitrogens with zero attached hydrogens (tertiary/aromatic N) is 1. The van der Waals surface area contributed by atoms with Crippen LogP contribution in [0.3, 0.4) is 0 Å². The number of hydrogen-bond acceptors (Lipinski definition) is 3. The fraction of sp³-hybridized carbons (Fsp3) is 0.250. The molecule has 2 aromatic rings. The second-order valence-electron chi connectivity index (χ2n) is 6.36. The van der Waals surface area contributed by atoms with Crippen molar-refractivity contribution in [3.63, 3.8) is 0 Å². The molecule has 3 rings (SSSR count). The van der Waals surface area contributed by atoms with E-state index in [2.05, 4.69) is 5.32 Å². The van der Waals surface area contributed by atoms with E-state index in [4.69, 9.17) is 0 Å². The largest absolute Gasteiger partial charge is 0.326 e. The van der Waals surface area contributed by atoms with Gasteiger partial charge in [0.1, 0.15) is 0 Å². The van der Waals surface area contributed by atoms with Gasteiger partial charge in [-0.1, -0.05) is 17.7 Å². The first-order valence-electron chi connectivity index (χ1n) is 8.23. The van der Waals surface area contributed by atoms with Crippen molar-refractivity contribution in [1.29, 1.82) is 0 Å². The lowest BCUT2D eigenvalue weighted by Gasteiger charge is -2.17. The van der Waals surface area contributed by atoms with E-state index in [1.807, 2.05) is 31.2 Å². The van der Waals surface area contributed by atoms with Crippen LogP contribution in [-0.2, 0) is 9.59 Å². The fourth-order valence-corrected chi connectivity index (χ4v) is 2.89. The van der Waals surface area contributed by atoms with E-state index in [0.29, 0.717) is 17.8 Å². The summed E-state index contributed by atoms with van der Waals surface area (Å²) in [5, 5.41) is 2.82. The number of aryl methyl sites for hydroxylation is 1. The number of anilines is 2. The van der Waals surface area contributed by atoms with E-state index in [1.165, 1.54) is 6.92 Å². The van der Waals surface area contributed by atoms with Crippen LogP contribution >= 0.6 is 0 Å². The number of ketones is 1. The molecule has 128 valence electrons. The summed E-state index contributed by atoms with van der Waals surface area (Å²) in [7, 11) is 0. The van der Waals surface area contributed by atoms with Crippen LogP contribution in [0.4, 0.5) is 11.4 Å². The first-order valence-corrected chi connectivity index (χ1v) is 8.23. The second kappa shape index (κ2) is 6.89. The van der Waals surface area contributed by atoms with Gasteiger partial charge in [-0.3, -0.25) is 14.4 Å². The molecule has 1 N–H and O–H groups in total. The van der Waals surface area contributed by atoms with Crippen molar-refractivity contribution in [2.45, 2.75) is 20.3 Å². The quantitative estimate of drug-likeness (QED) is 0.872. The minimum atomic E-state index is -0.388. The maximum Gasteiger partial charge on any atom is 0.229 e. The molecule has 5 heteroatoms. The summed E-state index contributed by atoms with van der Waals surface area (Å²) in [4.78, 5) is 37.6. The van der Waals surface area contributed by atoms with Gasteiger partial charge < -0.3 is 10.2 Å². The molecular weight excluding hydrogens is 316 g/mol. The highest BCUT2D eigenvalue weighted by Crippen LogP contribution is 2.26. The molecule has 1 atom stereocenters. The average molecular weight is 336 g/mol. The van der Waals surface area contributed by atoms with Crippen LogP contribution in [0.2, 0.25) is 0 Å². The van der Waals surface area contributed by atoms with Crippen molar-refractivity contribution in [2.75, 3.05) is 16.8 Å². The SMILES string of the molecule is CC(=O)c1ccc(NC(=O)[C@H]2CC(=O)N(c3ccc(C)cc3)C2)cc1. The van der Waals surface area contributed by atoms with Gasteiger partial charge in [0.05, 0.1) is 5.92 Å². The maximum absolute atomic E-state index is 12.5. The minimum Gasteiger partial charge on any atom is -0.326 e.